The summed E-state index contributed by atoms with van der Waals surface area (Å²) in [4.78, 5) is 23.0. The molecule has 0 radical (unpaired) electrons. The highest BCUT2D eigenvalue weighted by Crippen LogP contribution is 2.20. The smallest absolute Gasteiger partial charge is 0.326 e. The number of nitrogens with zero attached hydrogens (tertiary/aromatic N) is 1. The average molecular weight is 239 g/mol. The second-order valence-corrected chi connectivity index (χ2v) is 5.02. The normalized spacial score (nSPS) is 13.2. The van der Waals surface area contributed by atoms with E-state index < -0.39 is 23.3 Å². The van der Waals surface area contributed by atoms with E-state index in [1.54, 1.807) is 27.7 Å². The van der Waals surface area contributed by atoms with Crippen LogP contribution in [-0.2, 0) is 4.79 Å². The zero-order valence-corrected chi connectivity index (χ0v) is 10.4. The number of carbonyl (C=O) groups is 2. The molecule has 0 aliphatic rings. The number of hydrogen-bond acceptors (Lipinski definition) is 3. The number of hydrogen-bond donors (Lipinski definition) is 3. The molecule has 1 atom stereocenters. The van der Waals surface area contributed by atoms with Crippen molar-refractivity contribution in [3.63, 3.8) is 0 Å². The molecule has 1 aromatic rings. The van der Waals surface area contributed by atoms with Gasteiger partial charge in [-0.25, -0.2) is 4.79 Å². The van der Waals surface area contributed by atoms with E-state index in [-0.39, 0.29) is 0 Å². The lowest BCUT2D eigenvalue weighted by Crippen LogP contribution is -2.49. The quantitative estimate of drug-likeness (QED) is 0.731. The van der Waals surface area contributed by atoms with Gasteiger partial charge in [0.1, 0.15) is 6.04 Å². The van der Waals surface area contributed by atoms with Crippen LogP contribution in [0.1, 0.15) is 36.8 Å². The molecule has 0 fully saturated rings. The van der Waals surface area contributed by atoms with Crippen molar-refractivity contribution in [2.24, 2.45) is 5.41 Å². The van der Waals surface area contributed by atoms with Gasteiger partial charge in [0, 0.05) is 5.69 Å². The first-order chi connectivity index (χ1) is 7.73. The van der Waals surface area contributed by atoms with E-state index in [2.05, 4.69) is 15.5 Å². The molecular formula is C11H17N3O3. The summed E-state index contributed by atoms with van der Waals surface area (Å²) < 4.78 is 0. The number of aromatic nitrogens is 2. The van der Waals surface area contributed by atoms with Crippen LogP contribution in [0.4, 0.5) is 0 Å². The maximum Gasteiger partial charge on any atom is 0.326 e. The van der Waals surface area contributed by atoms with Crippen molar-refractivity contribution in [1.82, 2.24) is 15.5 Å². The van der Waals surface area contributed by atoms with Crippen molar-refractivity contribution in [2.45, 2.75) is 33.7 Å². The van der Waals surface area contributed by atoms with Gasteiger partial charge in [0.05, 0.1) is 11.8 Å². The molecule has 1 rings (SSSR count). The monoisotopic (exact) mass is 239 g/mol. The number of amides is 1. The molecular weight excluding hydrogens is 222 g/mol. The van der Waals surface area contributed by atoms with Crippen molar-refractivity contribution in [1.29, 1.82) is 0 Å². The first-order valence-electron chi connectivity index (χ1n) is 5.27. The Hall–Kier alpha value is -1.85. The van der Waals surface area contributed by atoms with Crippen LogP contribution in [0.15, 0.2) is 6.20 Å². The fourth-order valence-corrected chi connectivity index (χ4v) is 1.44. The molecule has 17 heavy (non-hydrogen) atoms. The first-order valence-corrected chi connectivity index (χ1v) is 5.27. The molecule has 1 heterocycles. The Morgan fingerprint density at radius 2 is 2.06 bits per heavy atom. The van der Waals surface area contributed by atoms with Gasteiger partial charge in [-0.1, -0.05) is 20.8 Å². The van der Waals surface area contributed by atoms with Crippen LogP contribution in [-0.4, -0.2) is 33.2 Å². The zero-order valence-electron chi connectivity index (χ0n) is 10.4. The predicted octanol–water partition coefficient (Wildman–Crippen LogP) is 0.947. The molecule has 0 spiro atoms. The van der Waals surface area contributed by atoms with E-state index in [1.165, 1.54) is 6.20 Å². The molecule has 0 aliphatic heterocycles. The molecule has 0 aromatic carbocycles. The van der Waals surface area contributed by atoms with Gasteiger partial charge in [-0.2, -0.15) is 5.10 Å². The summed E-state index contributed by atoms with van der Waals surface area (Å²) in [5.41, 5.74) is 0.417. The molecule has 0 bridgehead atoms. The number of H-pyrrole nitrogens is 1. The van der Waals surface area contributed by atoms with Gasteiger partial charge in [-0.15, -0.1) is 0 Å². The first kappa shape index (κ1) is 13.2. The van der Waals surface area contributed by atoms with E-state index in [0.29, 0.717) is 11.3 Å². The van der Waals surface area contributed by atoms with E-state index in [4.69, 9.17) is 5.11 Å². The molecule has 0 saturated heterocycles. The van der Waals surface area contributed by atoms with Crippen molar-refractivity contribution >= 4 is 11.9 Å². The Labute approximate surface area is 99.4 Å². The van der Waals surface area contributed by atoms with Crippen molar-refractivity contribution in [2.75, 3.05) is 0 Å². The maximum atomic E-state index is 11.9. The van der Waals surface area contributed by atoms with Gasteiger partial charge in [0.2, 0.25) is 0 Å². The standard InChI is InChI=1S/C11H17N3O3/c1-6-7(5-12-14-6)9(15)13-8(10(16)17)11(2,3)4/h5,8H,1-4H3,(H,12,14)(H,13,15)(H,16,17)/t8-/m0/s1. The van der Waals surface area contributed by atoms with Crippen LogP contribution in [0.3, 0.4) is 0 Å². The number of aryl methyl sites for hydroxylation is 1. The topological polar surface area (TPSA) is 95.1 Å². The van der Waals surface area contributed by atoms with Gasteiger partial charge < -0.3 is 10.4 Å². The molecule has 94 valence electrons. The molecule has 0 saturated carbocycles. The van der Waals surface area contributed by atoms with Crippen LogP contribution >= 0.6 is 0 Å². The Morgan fingerprint density at radius 1 is 1.47 bits per heavy atom. The SMILES string of the molecule is Cc1[nH]ncc1C(=O)N[C@@H](C(=O)O)C(C)(C)C. The lowest BCUT2D eigenvalue weighted by Gasteiger charge is -2.27. The van der Waals surface area contributed by atoms with Gasteiger partial charge in [-0.05, 0) is 12.3 Å². The highest BCUT2D eigenvalue weighted by Gasteiger charge is 2.33. The number of aromatic amines is 1. The summed E-state index contributed by atoms with van der Waals surface area (Å²) in [7, 11) is 0. The minimum Gasteiger partial charge on any atom is -0.480 e. The molecule has 0 aliphatic carbocycles. The second-order valence-electron chi connectivity index (χ2n) is 5.02. The molecule has 1 aromatic heterocycles. The summed E-state index contributed by atoms with van der Waals surface area (Å²) in [6.45, 7) is 6.98. The number of carboxylic acids is 1. The van der Waals surface area contributed by atoms with Crippen molar-refractivity contribution in [3.8, 4) is 0 Å². The van der Waals surface area contributed by atoms with Gasteiger partial charge in [0.15, 0.2) is 0 Å². The minimum atomic E-state index is -1.05. The number of carboxylic acid groups (broad SMARTS) is 1. The lowest BCUT2D eigenvalue weighted by atomic mass is 9.86. The zero-order chi connectivity index (χ0) is 13.2. The highest BCUT2D eigenvalue weighted by atomic mass is 16.4. The third-order valence-electron chi connectivity index (χ3n) is 2.46. The number of rotatable bonds is 3. The summed E-state index contributed by atoms with van der Waals surface area (Å²) >= 11 is 0. The van der Waals surface area contributed by atoms with Crippen LogP contribution in [0.25, 0.3) is 0 Å². The minimum absolute atomic E-state index is 0.362. The van der Waals surface area contributed by atoms with Gasteiger partial charge >= 0.3 is 5.97 Å². The van der Waals surface area contributed by atoms with E-state index >= 15 is 0 Å². The fourth-order valence-electron chi connectivity index (χ4n) is 1.44. The van der Waals surface area contributed by atoms with Crippen LogP contribution in [0.5, 0.6) is 0 Å². The summed E-state index contributed by atoms with van der Waals surface area (Å²) in [5.74, 6) is -1.48. The maximum absolute atomic E-state index is 11.9. The molecule has 1 amide bonds. The summed E-state index contributed by atoms with van der Waals surface area (Å²) in [6, 6.07) is -0.940. The highest BCUT2D eigenvalue weighted by molar-refractivity contribution is 5.97. The van der Waals surface area contributed by atoms with Gasteiger partial charge in [0.25, 0.3) is 5.91 Å². The average Bonchev–Trinajstić information content (AvgIpc) is 2.58. The second kappa shape index (κ2) is 4.57. The third kappa shape index (κ3) is 3.05. The van der Waals surface area contributed by atoms with Crippen LogP contribution in [0.2, 0.25) is 0 Å². The molecule has 0 unspecified atom stereocenters. The third-order valence-corrected chi connectivity index (χ3v) is 2.46. The lowest BCUT2D eigenvalue weighted by molar-refractivity contribution is -0.142. The van der Waals surface area contributed by atoms with Crippen molar-refractivity contribution in [3.05, 3.63) is 17.5 Å². The Bertz CT molecular complexity index is 431. The largest absolute Gasteiger partial charge is 0.480 e. The Balaban J connectivity index is 2.86. The van der Waals surface area contributed by atoms with E-state index in [0.717, 1.165) is 0 Å². The van der Waals surface area contributed by atoms with Crippen LogP contribution in [0, 0.1) is 12.3 Å². The molecule has 6 heteroatoms. The Morgan fingerprint density at radius 3 is 2.41 bits per heavy atom. The number of nitrogens with one attached hydrogen (secondary N) is 2. The van der Waals surface area contributed by atoms with Crippen molar-refractivity contribution < 1.29 is 14.7 Å². The van der Waals surface area contributed by atoms with Crippen LogP contribution < -0.4 is 5.32 Å². The summed E-state index contributed by atoms with van der Waals surface area (Å²) in [6.07, 6.45) is 1.38. The van der Waals surface area contributed by atoms with E-state index in [9.17, 15) is 9.59 Å². The Kier molecular flexibility index (Phi) is 3.55. The predicted molar refractivity (Wildman–Crippen MR) is 61.7 cm³/mol. The van der Waals surface area contributed by atoms with E-state index in [1.807, 2.05) is 0 Å². The molecule has 6 nitrogen and oxygen atoms in total. The summed E-state index contributed by atoms with van der Waals surface area (Å²) in [5, 5.41) is 17.9. The molecule has 3 N–H and O–H groups in total. The fraction of sp³-hybridized carbons (Fsp3) is 0.545. The number of aliphatic carboxylic acids is 1. The van der Waals surface area contributed by atoms with Gasteiger partial charge in [-0.3, -0.25) is 9.89 Å². The number of carbonyl (C=O) groups excluding carboxylic acids is 1.